The maximum atomic E-state index is 11.3. The monoisotopic (exact) mass is 265 g/mol. The van der Waals surface area contributed by atoms with Crippen molar-refractivity contribution in [1.29, 1.82) is 0 Å². The van der Waals surface area contributed by atoms with Crippen LogP contribution in [-0.2, 0) is 0 Å². The molecule has 1 aromatic rings. The Labute approximate surface area is 112 Å². The first-order valence-electron chi connectivity index (χ1n) is 6.47. The molecule has 1 saturated heterocycles. The van der Waals surface area contributed by atoms with E-state index in [2.05, 4.69) is 17.1 Å². The topological polar surface area (TPSA) is 67.6 Å². The second-order valence-corrected chi connectivity index (χ2v) is 4.59. The van der Waals surface area contributed by atoms with Crippen molar-refractivity contribution in [1.82, 2.24) is 5.32 Å². The van der Waals surface area contributed by atoms with Gasteiger partial charge in [-0.3, -0.25) is 10.1 Å². The molecular weight excluding hydrogens is 246 g/mol. The molecule has 0 unspecified atom stereocenters. The highest BCUT2D eigenvalue weighted by molar-refractivity contribution is 5.70. The van der Waals surface area contributed by atoms with Crippen molar-refractivity contribution in [3.8, 4) is 5.75 Å². The van der Waals surface area contributed by atoms with Gasteiger partial charge in [-0.25, -0.2) is 0 Å². The summed E-state index contributed by atoms with van der Waals surface area (Å²) in [5.41, 5.74) is 0.711. The van der Waals surface area contributed by atoms with Gasteiger partial charge in [-0.2, -0.15) is 0 Å². The quantitative estimate of drug-likeness (QED) is 0.627. The molecule has 0 amide bonds. The predicted octanol–water partition coefficient (Wildman–Crippen LogP) is 1.79. The summed E-state index contributed by atoms with van der Waals surface area (Å²) in [5, 5.41) is 14.5. The molecule has 1 N–H and O–H groups in total. The van der Waals surface area contributed by atoms with Gasteiger partial charge < -0.3 is 15.0 Å². The summed E-state index contributed by atoms with van der Waals surface area (Å²) in [7, 11) is 1.46. The molecule has 19 heavy (non-hydrogen) atoms. The Morgan fingerprint density at radius 2 is 2.26 bits per heavy atom. The Bertz CT molecular complexity index is 460. The molecule has 0 spiro atoms. The molecule has 0 aromatic heterocycles. The van der Waals surface area contributed by atoms with Crippen molar-refractivity contribution in [2.45, 2.75) is 19.4 Å². The summed E-state index contributed by atoms with van der Waals surface area (Å²) in [6, 6.07) is 5.56. The molecule has 6 nitrogen and oxygen atoms in total. The molecule has 6 heteroatoms. The Hall–Kier alpha value is -1.82. The van der Waals surface area contributed by atoms with Crippen LogP contribution in [0.1, 0.15) is 13.3 Å². The molecule has 1 aliphatic heterocycles. The number of nitro groups is 1. The maximum Gasteiger partial charge on any atom is 0.333 e. The van der Waals surface area contributed by atoms with Gasteiger partial charge in [-0.05, 0) is 18.6 Å². The number of hydrogen-bond donors (Lipinski definition) is 1. The van der Waals surface area contributed by atoms with Gasteiger partial charge in [0.05, 0.1) is 18.1 Å². The molecule has 0 bridgehead atoms. The van der Waals surface area contributed by atoms with Gasteiger partial charge in [0.2, 0.25) is 0 Å². The average molecular weight is 265 g/mol. The lowest BCUT2D eigenvalue weighted by molar-refractivity contribution is -0.385. The molecule has 1 aliphatic rings. The highest BCUT2D eigenvalue weighted by Crippen LogP contribution is 2.38. The predicted molar refractivity (Wildman–Crippen MR) is 73.9 cm³/mol. The smallest absolute Gasteiger partial charge is 0.333 e. The summed E-state index contributed by atoms with van der Waals surface area (Å²) >= 11 is 0. The lowest BCUT2D eigenvalue weighted by Crippen LogP contribution is -2.57. The number of methoxy groups -OCH3 is 1. The van der Waals surface area contributed by atoms with E-state index in [1.165, 1.54) is 7.11 Å². The summed E-state index contributed by atoms with van der Waals surface area (Å²) in [6.45, 7) is 4.62. The number of anilines is 1. The van der Waals surface area contributed by atoms with E-state index in [0.29, 0.717) is 17.5 Å². The first kappa shape index (κ1) is 13.6. The Kier molecular flexibility index (Phi) is 4.21. The minimum absolute atomic E-state index is 0.0605. The van der Waals surface area contributed by atoms with Crippen molar-refractivity contribution in [3.63, 3.8) is 0 Å². The minimum atomic E-state index is -0.358. The molecule has 1 fully saturated rings. The molecule has 104 valence electrons. The third-order valence-corrected chi connectivity index (χ3v) is 3.35. The maximum absolute atomic E-state index is 11.3. The van der Waals surface area contributed by atoms with E-state index in [4.69, 9.17) is 4.74 Å². The van der Waals surface area contributed by atoms with Crippen LogP contribution in [-0.4, -0.2) is 37.7 Å². The second-order valence-electron chi connectivity index (χ2n) is 4.59. The largest absolute Gasteiger partial charge is 0.490 e. The van der Waals surface area contributed by atoms with E-state index >= 15 is 0 Å². The van der Waals surface area contributed by atoms with Gasteiger partial charge in [0, 0.05) is 19.6 Å². The van der Waals surface area contributed by atoms with E-state index in [-0.39, 0.29) is 10.6 Å². The van der Waals surface area contributed by atoms with Crippen LogP contribution >= 0.6 is 0 Å². The van der Waals surface area contributed by atoms with Crippen molar-refractivity contribution < 1.29 is 9.66 Å². The van der Waals surface area contributed by atoms with Gasteiger partial charge in [0.1, 0.15) is 5.69 Å². The fourth-order valence-corrected chi connectivity index (χ4v) is 2.33. The molecule has 0 saturated carbocycles. The molecular formula is C13H19N3O3. The number of nitro benzene ring substituents is 1. The number of benzene rings is 1. The SMILES string of the molecule is CCCN(c1cccc(OC)c1[N+](=O)[O-])C1CNC1. The lowest BCUT2D eigenvalue weighted by Gasteiger charge is -2.39. The van der Waals surface area contributed by atoms with E-state index in [0.717, 1.165) is 26.1 Å². The van der Waals surface area contributed by atoms with Crippen molar-refractivity contribution in [2.75, 3.05) is 31.6 Å². The van der Waals surface area contributed by atoms with Crippen LogP contribution in [0.4, 0.5) is 11.4 Å². The van der Waals surface area contributed by atoms with Gasteiger partial charge in [0.15, 0.2) is 5.75 Å². The molecule has 0 radical (unpaired) electrons. The zero-order chi connectivity index (χ0) is 13.8. The molecule has 2 rings (SSSR count). The first-order chi connectivity index (χ1) is 9.19. The van der Waals surface area contributed by atoms with E-state index in [1.807, 2.05) is 0 Å². The Morgan fingerprint density at radius 3 is 2.74 bits per heavy atom. The van der Waals surface area contributed by atoms with Crippen molar-refractivity contribution in [3.05, 3.63) is 28.3 Å². The molecule has 1 heterocycles. The van der Waals surface area contributed by atoms with E-state index < -0.39 is 0 Å². The first-order valence-corrected chi connectivity index (χ1v) is 6.47. The fourth-order valence-electron chi connectivity index (χ4n) is 2.33. The zero-order valence-corrected chi connectivity index (χ0v) is 11.3. The Morgan fingerprint density at radius 1 is 1.53 bits per heavy atom. The number of nitrogens with zero attached hydrogens (tertiary/aromatic N) is 2. The third-order valence-electron chi connectivity index (χ3n) is 3.35. The summed E-state index contributed by atoms with van der Waals surface area (Å²) < 4.78 is 5.12. The summed E-state index contributed by atoms with van der Waals surface area (Å²) in [4.78, 5) is 13.1. The number of rotatable bonds is 6. The minimum Gasteiger partial charge on any atom is -0.490 e. The van der Waals surface area contributed by atoms with Crippen LogP contribution in [0.25, 0.3) is 0 Å². The van der Waals surface area contributed by atoms with Crippen LogP contribution in [0.2, 0.25) is 0 Å². The van der Waals surface area contributed by atoms with Gasteiger partial charge in [-0.1, -0.05) is 13.0 Å². The van der Waals surface area contributed by atoms with Gasteiger partial charge in [-0.15, -0.1) is 0 Å². The van der Waals surface area contributed by atoms with Crippen LogP contribution in [0.15, 0.2) is 18.2 Å². The summed E-state index contributed by atoms with van der Waals surface area (Å²) in [6.07, 6.45) is 0.949. The normalized spacial score (nSPS) is 14.8. The van der Waals surface area contributed by atoms with Gasteiger partial charge >= 0.3 is 5.69 Å². The lowest BCUT2D eigenvalue weighted by atomic mass is 10.1. The second kappa shape index (κ2) is 5.88. The van der Waals surface area contributed by atoms with E-state index in [1.54, 1.807) is 18.2 Å². The molecule has 0 aliphatic carbocycles. The van der Waals surface area contributed by atoms with Crippen LogP contribution in [0, 0.1) is 10.1 Å². The van der Waals surface area contributed by atoms with Crippen molar-refractivity contribution >= 4 is 11.4 Å². The highest BCUT2D eigenvalue weighted by Gasteiger charge is 2.31. The summed E-state index contributed by atoms with van der Waals surface area (Å²) in [5.74, 6) is 0.316. The Balaban J connectivity index is 2.42. The number of hydrogen-bond acceptors (Lipinski definition) is 5. The average Bonchev–Trinajstić information content (AvgIpc) is 2.35. The molecule has 1 aromatic carbocycles. The number of nitrogens with one attached hydrogen (secondary N) is 1. The number of ether oxygens (including phenoxy) is 1. The zero-order valence-electron chi connectivity index (χ0n) is 11.3. The number of para-hydroxylation sites is 1. The van der Waals surface area contributed by atoms with Crippen LogP contribution in [0.3, 0.4) is 0 Å². The van der Waals surface area contributed by atoms with Crippen LogP contribution < -0.4 is 15.0 Å². The van der Waals surface area contributed by atoms with Crippen LogP contribution in [0.5, 0.6) is 5.75 Å². The fraction of sp³-hybridized carbons (Fsp3) is 0.538. The van der Waals surface area contributed by atoms with E-state index in [9.17, 15) is 10.1 Å². The molecule has 0 atom stereocenters. The standard InChI is InChI=1S/C13H19N3O3/c1-3-7-15(10-8-14-9-10)11-5-4-6-12(19-2)13(11)16(17)18/h4-6,10,14H,3,7-9H2,1-2H3. The van der Waals surface area contributed by atoms with Crippen molar-refractivity contribution in [2.24, 2.45) is 0 Å². The van der Waals surface area contributed by atoms with Gasteiger partial charge in [0.25, 0.3) is 0 Å². The highest BCUT2D eigenvalue weighted by atomic mass is 16.6. The third kappa shape index (κ3) is 2.63.